The van der Waals surface area contributed by atoms with Crippen molar-refractivity contribution in [1.82, 2.24) is 0 Å². The summed E-state index contributed by atoms with van der Waals surface area (Å²) in [7, 11) is 0. The highest BCUT2D eigenvalue weighted by Gasteiger charge is 2.21. The molecule has 0 saturated heterocycles. The summed E-state index contributed by atoms with van der Waals surface area (Å²) in [5, 5.41) is 0. The number of nitrogens with two attached hydrogens (primary N) is 1. The Morgan fingerprint density at radius 3 is 2.59 bits per heavy atom. The lowest BCUT2D eigenvalue weighted by molar-refractivity contribution is 0.408. The fourth-order valence-corrected chi connectivity index (χ4v) is 2.67. The first-order valence-electron chi connectivity index (χ1n) is 6.36. The molecule has 0 amide bonds. The van der Waals surface area contributed by atoms with E-state index in [1.54, 1.807) is 0 Å². The topological polar surface area (TPSA) is 26.0 Å². The third-order valence-electron chi connectivity index (χ3n) is 3.77. The van der Waals surface area contributed by atoms with Crippen LogP contribution in [0.5, 0.6) is 0 Å². The first-order valence-corrected chi connectivity index (χ1v) is 6.36. The molecule has 0 radical (unpaired) electrons. The lowest BCUT2D eigenvalue weighted by Crippen LogP contribution is -2.28. The molecule has 1 nitrogen and oxygen atoms in total. The predicted molar refractivity (Wildman–Crippen MR) is 64.6 cm³/mol. The van der Waals surface area contributed by atoms with Gasteiger partial charge in [-0.1, -0.05) is 18.9 Å². The molecule has 2 N–H and O–H groups in total. The summed E-state index contributed by atoms with van der Waals surface area (Å²) in [6.07, 6.45) is 6.32. The van der Waals surface area contributed by atoms with Crippen molar-refractivity contribution in [3.05, 3.63) is 35.4 Å². The van der Waals surface area contributed by atoms with Gasteiger partial charge in [0.05, 0.1) is 0 Å². The summed E-state index contributed by atoms with van der Waals surface area (Å²) in [6, 6.07) is 3.92. The Bertz CT molecular complexity index is 372. The highest BCUT2D eigenvalue weighted by atomic mass is 19.1. The van der Waals surface area contributed by atoms with E-state index in [9.17, 15) is 8.78 Å². The summed E-state index contributed by atoms with van der Waals surface area (Å²) in [5.41, 5.74) is 6.68. The van der Waals surface area contributed by atoms with Crippen LogP contribution in [0.15, 0.2) is 18.2 Å². The molecule has 1 atom stereocenters. The quantitative estimate of drug-likeness (QED) is 0.856. The van der Waals surface area contributed by atoms with Gasteiger partial charge in [-0.2, -0.15) is 0 Å². The second-order valence-electron chi connectivity index (χ2n) is 4.98. The summed E-state index contributed by atoms with van der Waals surface area (Å²) >= 11 is 0. The van der Waals surface area contributed by atoms with Gasteiger partial charge in [-0.25, -0.2) is 8.78 Å². The number of hydrogen-bond donors (Lipinski definition) is 1. The normalized spacial score (nSPS) is 18.5. The average Bonchev–Trinajstić information content (AvgIpc) is 2.81. The molecule has 1 aliphatic rings. The van der Waals surface area contributed by atoms with Crippen molar-refractivity contribution in [2.75, 3.05) is 0 Å². The van der Waals surface area contributed by atoms with Gasteiger partial charge in [0.2, 0.25) is 0 Å². The number of hydrogen-bond acceptors (Lipinski definition) is 1. The molecule has 0 aromatic heterocycles. The van der Waals surface area contributed by atoms with Gasteiger partial charge >= 0.3 is 0 Å². The fraction of sp³-hybridized carbons (Fsp3) is 0.571. The molecule has 0 spiro atoms. The number of benzene rings is 1. The van der Waals surface area contributed by atoms with Crippen LogP contribution in [0.3, 0.4) is 0 Å². The maximum Gasteiger partial charge on any atom is 0.129 e. The molecular formula is C14H19F2N. The molecule has 94 valence electrons. The molecule has 1 aromatic rings. The minimum atomic E-state index is -0.522. The van der Waals surface area contributed by atoms with Gasteiger partial charge in [0, 0.05) is 12.1 Å². The Hall–Kier alpha value is -0.960. The zero-order valence-electron chi connectivity index (χ0n) is 9.96. The van der Waals surface area contributed by atoms with Crippen LogP contribution in [0.2, 0.25) is 0 Å². The van der Waals surface area contributed by atoms with Crippen LogP contribution in [0.4, 0.5) is 8.78 Å². The SMILES string of the molecule is NC(CCc1ccc(F)cc1F)C1CCCC1. The van der Waals surface area contributed by atoms with Crippen LogP contribution < -0.4 is 5.73 Å². The van der Waals surface area contributed by atoms with Gasteiger partial charge in [0.1, 0.15) is 11.6 Å². The minimum Gasteiger partial charge on any atom is -0.327 e. The van der Waals surface area contributed by atoms with E-state index in [1.807, 2.05) is 0 Å². The maximum atomic E-state index is 13.4. The average molecular weight is 239 g/mol. The third-order valence-corrected chi connectivity index (χ3v) is 3.77. The van der Waals surface area contributed by atoms with Crippen molar-refractivity contribution in [2.24, 2.45) is 11.7 Å². The summed E-state index contributed by atoms with van der Waals surface area (Å²) in [5.74, 6) is -0.381. The van der Waals surface area contributed by atoms with Crippen molar-refractivity contribution < 1.29 is 8.78 Å². The highest BCUT2D eigenvalue weighted by Crippen LogP contribution is 2.28. The van der Waals surface area contributed by atoms with Crippen LogP contribution in [0, 0.1) is 17.6 Å². The Labute approximate surface area is 101 Å². The smallest absolute Gasteiger partial charge is 0.129 e. The summed E-state index contributed by atoms with van der Waals surface area (Å²) < 4.78 is 26.1. The molecule has 0 heterocycles. The Balaban J connectivity index is 1.88. The van der Waals surface area contributed by atoms with E-state index in [2.05, 4.69) is 0 Å². The van der Waals surface area contributed by atoms with Crippen LogP contribution >= 0.6 is 0 Å². The van der Waals surface area contributed by atoms with Gasteiger partial charge < -0.3 is 5.73 Å². The van der Waals surface area contributed by atoms with Crippen molar-refractivity contribution in [3.8, 4) is 0 Å². The molecule has 2 rings (SSSR count). The van der Waals surface area contributed by atoms with E-state index in [0.717, 1.165) is 12.5 Å². The lowest BCUT2D eigenvalue weighted by atomic mass is 9.93. The van der Waals surface area contributed by atoms with Crippen molar-refractivity contribution in [3.63, 3.8) is 0 Å². The molecule has 1 saturated carbocycles. The Morgan fingerprint density at radius 2 is 1.94 bits per heavy atom. The third kappa shape index (κ3) is 3.25. The maximum absolute atomic E-state index is 13.4. The second-order valence-corrected chi connectivity index (χ2v) is 4.98. The van der Waals surface area contributed by atoms with Gasteiger partial charge in [-0.05, 0) is 43.2 Å². The molecule has 0 aliphatic heterocycles. The van der Waals surface area contributed by atoms with Gasteiger partial charge in [0.25, 0.3) is 0 Å². The lowest BCUT2D eigenvalue weighted by Gasteiger charge is -2.18. The summed E-state index contributed by atoms with van der Waals surface area (Å²) in [6.45, 7) is 0. The first kappa shape index (κ1) is 12.5. The Morgan fingerprint density at radius 1 is 1.24 bits per heavy atom. The van der Waals surface area contributed by atoms with Crippen molar-refractivity contribution >= 4 is 0 Å². The molecule has 17 heavy (non-hydrogen) atoms. The zero-order chi connectivity index (χ0) is 12.3. The van der Waals surface area contributed by atoms with Crippen molar-refractivity contribution in [2.45, 2.75) is 44.6 Å². The van der Waals surface area contributed by atoms with E-state index in [0.29, 0.717) is 17.9 Å². The number of halogens is 2. The molecule has 1 fully saturated rings. The molecule has 1 aliphatic carbocycles. The highest BCUT2D eigenvalue weighted by molar-refractivity contribution is 5.18. The van der Waals surface area contributed by atoms with E-state index in [4.69, 9.17) is 5.73 Å². The monoisotopic (exact) mass is 239 g/mol. The van der Waals surface area contributed by atoms with Crippen LogP contribution in [0.25, 0.3) is 0 Å². The standard InChI is InChI=1S/C14H19F2N/c15-12-7-5-10(13(16)9-12)6-8-14(17)11-3-1-2-4-11/h5,7,9,11,14H,1-4,6,8,17H2. The molecular weight excluding hydrogens is 220 g/mol. The van der Waals surface area contributed by atoms with Gasteiger partial charge in [-0.15, -0.1) is 0 Å². The van der Waals surface area contributed by atoms with Gasteiger partial charge in [0.15, 0.2) is 0 Å². The van der Waals surface area contributed by atoms with E-state index in [-0.39, 0.29) is 6.04 Å². The summed E-state index contributed by atoms with van der Waals surface area (Å²) in [4.78, 5) is 0. The van der Waals surface area contributed by atoms with Gasteiger partial charge in [-0.3, -0.25) is 0 Å². The van der Waals surface area contributed by atoms with Crippen LogP contribution in [0.1, 0.15) is 37.7 Å². The van der Waals surface area contributed by atoms with E-state index >= 15 is 0 Å². The Kier molecular flexibility index (Phi) is 4.11. The van der Waals surface area contributed by atoms with Crippen LogP contribution in [-0.4, -0.2) is 6.04 Å². The molecule has 3 heteroatoms. The van der Waals surface area contributed by atoms with Crippen molar-refractivity contribution in [1.29, 1.82) is 0 Å². The number of rotatable bonds is 4. The van der Waals surface area contributed by atoms with E-state index in [1.165, 1.54) is 37.8 Å². The molecule has 1 aromatic carbocycles. The fourth-order valence-electron chi connectivity index (χ4n) is 2.67. The second kappa shape index (κ2) is 5.58. The number of aryl methyl sites for hydroxylation is 1. The molecule has 1 unspecified atom stereocenters. The minimum absolute atomic E-state index is 0.155. The predicted octanol–water partition coefficient (Wildman–Crippen LogP) is 3.41. The zero-order valence-corrected chi connectivity index (χ0v) is 9.96. The van der Waals surface area contributed by atoms with Crippen LogP contribution in [-0.2, 0) is 6.42 Å². The van der Waals surface area contributed by atoms with E-state index < -0.39 is 11.6 Å². The first-order chi connectivity index (χ1) is 8.16. The largest absolute Gasteiger partial charge is 0.327 e. The molecule has 0 bridgehead atoms.